The van der Waals surface area contributed by atoms with Crippen molar-refractivity contribution in [3.8, 4) is 0 Å². The highest BCUT2D eigenvalue weighted by Gasteiger charge is 2.11. The zero-order valence-electron chi connectivity index (χ0n) is 10.0. The van der Waals surface area contributed by atoms with Gasteiger partial charge in [-0.2, -0.15) is 5.10 Å². The Morgan fingerprint density at radius 1 is 1.59 bits per heavy atom. The van der Waals surface area contributed by atoms with E-state index in [1.807, 2.05) is 0 Å². The number of carbonyl (C=O) groups excluding carboxylic acids is 2. The van der Waals surface area contributed by atoms with Crippen LogP contribution in [0.2, 0.25) is 0 Å². The van der Waals surface area contributed by atoms with E-state index >= 15 is 0 Å². The van der Waals surface area contributed by atoms with Crippen molar-refractivity contribution in [1.82, 2.24) is 20.0 Å². The van der Waals surface area contributed by atoms with E-state index in [-0.39, 0.29) is 18.4 Å². The number of nitrogen functional groups attached to an aromatic ring is 1. The molecule has 0 spiro atoms. The van der Waals surface area contributed by atoms with Gasteiger partial charge < -0.3 is 16.0 Å². The molecule has 0 saturated heterocycles. The zero-order valence-corrected chi connectivity index (χ0v) is 10.0. The van der Waals surface area contributed by atoms with Crippen molar-refractivity contribution in [3.63, 3.8) is 0 Å². The lowest BCUT2D eigenvalue weighted by atomic mass is 10.3. The van der Waals surface area contributed by atoms with Gasteiger partial charge in [0.05, 0.1) is 0 Å². The minimum Gasteiger partial charge on any atom is -0.382 e. The zero-order chi connectivity index (χ0) is 12.8. The minimum atomic E-state index is -0.114. The molecule has 0 aromatic carbocycles. The standard InChI is InChI=1S/C10H17N5O2/c1-12-9(16)4-5-14(2)10(17)7-15-6-3-8(11)13-15/h3,6H,4-5,7H2,1-2H3,(H2,11,13)(H,12,16). The summed E-state index contributed by atoms with van der Waals surface area (Å²) in [4.78, 5) is 24.2. The van der Waals surface area contributed by atoms with Gasteiger partial charge in [-0.25, -0.2) is 0 Å². The molecule has 0 atom stereocenters. The molecule has 0 aliphatic carbocycles. The maximum atomic E-state index is 11.7. The molecule has 94 valence electrons. The summed E-state index contributed by atoms with van der Waals surface area (Å²) in [6, 6.07) is 1.62. The lowest BCUT2D eigenvalue weighted by molar-refractivity contribution is -0.131. The average Bonchev–Trinajstić information content (AvgIpc) is 2.70. The van der Waals surface area contributed by atoms with Crippen LogP contribution in [0.1, 0.15) is 6.42 Å². The number of nitrogens with two attached hydrogens (primary N) is 1. The average molecular weight is 239 g/mol. The third kappa shape index (κ3) is 4.13. The summed E-state index contributed by atoms with van der Waals surface area (Å²) < 4.78 is 1.47. The van der Waals surface area contributed by atoms with E-state index < -0.39 is 0 Å². The largest absolute Gasteiger partial charge is 0.382 e. The molecule has 1 heterocycles. The summed E-state index contributed by atoms with van der Waals surface area (Å²) in [6.45, 7) is 0.511. The van der Waals surface area contributed by atoms with E-state index in [1.54, 1.807) is 26.4 Å². The van der Waals surface area contributed by atoms with Gasteiger partial charge in [0.15, 0.2) is 0 Å². The van der Waals surface area contributed by atoms with Gasteiger partial charge in [0.25, 0.3) is 0 Å². The van der Waals surface area contributed by atoms with E-state index in [9.17, 15) is 9.59 Å². The quantitative estimate of drug-likeness (QED) is 0.693. The summed E-state index contributed by atoms with van der Waals surface area (Å²) in [5.74, 6) is 0.177. The number of aromatic nitrogens is 2. The molecule has 1 rings (SSSR count). The van der Waals surface area contributed by atoms with Crippen LogP contribution in [0.3, 0.4) is 0 Å². The second-order valence-corrected chi connectivity index (χ2v) is 3.68. The van der Waals surface area contributed by atoms with Crippen LogP contribution in [-0.2, 0) is 16.1 Å². The van der Waals surface area contributed by atoms with Crippen molar-refractivity contribution in [2.75, 3.05) is 26.4 Å². The van der Waals surface area contributed by atoms with Gasteiger partial charge in [0.2, 0.25) is 11.8 Å². The molecule has 0 aliphatic heterocycles. The first-order chi connectivity index (χ1) is 8.02. The molecule has 0 unspecified atom stereocenters. The Hall–Kier alpha value is -2.05. The lowest BCUT2D eigenvalue weighted by Gasteiger charge is -2.16. The molecule has 17 heavy (non-hydrogen) atoms. The molecule has 0 radical (unpaired) electrons. The van der Waals surface area contributed by atoms with Gasteiger partial charge in [-0.15, -0.1) is 0 Å². The van der Waals surface area contributed by atoms with Crippen molar-refractivity contribution in [2.45, 2.75) is 13.0 Å². The number of hydrogen-bond acceptors (Lipinski definition) is 4. The first kappa shape index (κ1) is 13.0. The fourth-order valence-corrected chi connectivity index (χ4v) is 1.24. The number of rotatable bonds is 5. The van der Waals surface area contributed by atoms with E-state index in [0.29, 0.717) is 18.8 Å². The molecule has 0 aliphatic rings. The first-order valence-electron chi connectivity index (χ1n) is 5.26. The van der Waals surface area contributed by atoms with Gasteiger partial charge >= 0.3 is 0 Å². The molecule has 0 fully saturated rings. The predicted molar refractivity (Wildman–Crippen MR) is 63.0 cm³/mol. The predicted octanol–water partition coefficient (Wildman–Crippen LogP) is -0.940. The van der Waals surface area contributed by atoms with E-state index in [4.69, 9.17) is 5.73 Å². The molecular weight excluding hydrogens is 222 g/mol. The van der Waals surface area contributed by atoms with Crippen LogP contribution in [0.5, 0.6) is 0 Å². The van der Waals surface area contributed by atoms with E-state index in [1.165, 1.54) is 9.58 Å². The van der Waals surface area contributed by atoms with Gasteiger partial charge in [-0.1, -0.05) is 0 Å². The summed E-state index contributed by atoms with van der Waals surface area (Å²) in [5, 5.41) is 6.41. The Kier molecular flexibility index (Phi) is 4.50. The second-order valence-electron chi connectivity index (χ2n) is 3.68. The normalized spacial score (nSPS) is 10.0. The maximum Gasteiger partial charge on any atom is 0.244 e. The smallest absolute Gasteiger partial charge is 0.244 e. The molecule has 2 amide bonds. The van der Waals surface area contributed by atoms with Crippen LogP contribution in [0.4, 0.5) is 5.82 Å². The van der Waals surface area contributed by atoms with Gasteiger partial charge in [0, 0.05) is 33.3 Å². The third-order valence-electron chi connectivity index (χ3n) is 2.34. The summed E-state index contributed by atoms with van der Waals surface area (Å²) in [7, 11) is 3.22. The molecular formula is C10H17N5O2. The Balaban J connectivity index is 2.39. The van der Waals surface area contributed by atoms with Crippen molar-refractivity contribution in [2.24, 2.45) is 0 Å². The first-order valence-corrected chi connectivity index (χ1v) is 5.26. The van der Waals surface area contributed by atoms with Crippen molar-refractivity contribution in [3.05, 3.63) is 12.3 Å². The lowest BCUT2D eigenvalue weighted by Crippen LogP contribution is -2.33. The Morgan fingerprint density at radius 3 is 2.82 bits per heavy atom. The Bertz CT molecular complexity index is 401. The highest BCUT2D eigenvalue weighted by molar-refractivity contribution is 5.78. The molecule has 0 bridgehead atoms. The van der Waals surface area contributed by atoms with Crippen LogP contribution in [0.15, 0.2) is 12.3 Å². The van der Waals surface area contributed by atoms with Crippen LogP contribution >= 0.6 is 0 Å². The van der Waals surface area contributed by atoms with Gasteiger partial charge in [0.1, 0.15) is 12.4 Å². The Labute approximate surface area is 99.6 Å². The van der Waals surface area contributed by atoms with Crippen molar-refractivity contribution >= 4 is 17.6 Å². The van der Waals surface area contributed by atoms with Crippen LogP contribution in [0, 0.1) is 0 Å². The third-order valence-corrected chi connectivity index (χ3v) is 2.34. The van der Waals surface area contributed by atoms with Crippen molar-refractivity contribution in [1.29, 1.82) is 0 Å². The number of nitrogens with zero attached hydrogens (tertiary/aromatic N) is 3. The number of likely N-dealkylation sites (N-methyl/N-ethyl adjacent to an activating group) is 1. The molecule has 7 nitrogen and oxygen atoms in total. The fourth-order valence-electron chi connectivity index (χ4n) is 1.24. The second kappa shape index (κ2) is 5.88. The summed E-state index contributed by atoms with van der Waals surface area (Å²) in [6.07, 6.45) is 1.93. The number of carbonyl (C=O) groups is 2. The highest BCUT2D eigenvalue weighted by Crippen LogP contribution is 1.97. The number of nitrogens with one attached hydrogen (secondary N) is 1. The molecule has 0 saturated carbocycles. The highest BCUT2D eigenvalue weighted by atomic mass is 16.2. The topological polar surface area (TPSA) is 93.2 Å². The monoisotopic (exact) mass is 239 g/mol. The van der Waals surface area contributed by atoms with E-state index in [0.717, 1.165) is 0 Å². The van der Waals surface area contributed by atoms with E-state index in [2.05, 4.69) is 10.4 Å². The minimum absolute atomic E-state index is 0.0898. The summed E-state index contributed by atoms with van der Waals surface area (Å²) in [5.41, 5.74) is 5.44. The van der Waals surface area contributed by atoms with Crippen LogP contribution < -0.4 is 11.1 Å². The molecule has 1 aromatic heterocycles. The number of amides is 2. The van der Waals surface area contributed by atoms with Crippen LogP contribution in [-0.4, -0.2) is 47.1 Å². The number of hydrogen-bond donors (Lipinski definition) is 2. The molecule has 1 aromatic rings. The van der Waals surface area contributed by atoms with Crippen LogP contribution in [0.25, 0.3) is 0 Å². The fraction of sp³-hybridized carbons (Fsp3) is 0.500. The van der Waals surface area contributed by atoms with Gasteiger partial charge in [-0.3, -0.25) is 14.3 Å². The summed E-state index contributed by atoms with van der Waals surface area (Å²) >= 11 is 0. The van der Waals surface area contributed by atoms with Gasteiger partial charge in [-0.05, 0) is 6.07 Å². The van der Waals surface area contributed by atoms with Crippen molar-refractivity contribution < 1.29 is 9.59 Å². The molecule has 7 heteroatoms. The maximum absolute atomic E-state index is 11.7. The Morgan fingerprint density at radius 2 is 2.29 bits per heavy atom. The number of anilines is 1. The SMILES string of the molecule is CNC(=O)CCN(C)C(=O)Cn1ccc(N)n1. The molecule has 3 N–H and O–H groups in total.